The van der Waals surface area contributed by atoms with Gasteiger partial charge in [0.2, 0.25) is 0 Å². The van der Waals surface area contributed by atoms with Crippen molar-refractivity contribution in [2.75, 3.05) is 19.8 Å². The highest BCUT2D eigenvalue weighted by Crippen LogP contribution is 2.34. The van der Waals surface area contributed by atoms with Crippen molar-refractivity contribution in [3.63, 3.8) is 0 Å². The number of aliphatic hydroxyl groups excluding tert-OH is 1. The predicted molar refractivity (Wildman–Crippen MR) is 77.5 cm³/mol. The number of carbonyl (C=O) groups excluding carboxylic acids is 1. The highest BCUT2D eigenvalue weighted by Gasteiger charge is 2.38. The number of carbonyl (C=O) groups is 1. The Morgan fingerprint density at radius 2 is 2.15 bits per heavy atom. The molecule has 0 aromatic carbocycles. The minimum absolute atomic E-state index is 0.0718. The molecule has 1 aliphatic heterocycles. The Morgan fingerprint density at radius 3 is 2.90 bits per heavy atom. The van der Waals surface area contributed by atoms with Crippen LogP contribution in [0.4, 0.5) is 4.79 Å². The monoisotopic (exact) mass is 284 g/mol. The summed E-state index contributed by atoms with van der Waals surface area (Å²) >= 11 is 0. The molecular weight excluding hydrogens is 256 g/mol. The van der Waals surface area contributed by atoms with Gasteiger partial charge in [-0.05, 0) is 37.5 Å². The quantitative estimate of drug-likeness (QED) is 0.719. The molecule has 116 valence electrons. The molecule has 0 bridgehead atoms. The summed E-state index contributed by atoms with van der Waals surface area (Å²) < 4.78 is 5.72. The number of nitrogens with one attached hydrogen (secondary N) is 2. The lowest BCUT2D eigenvalue weighted by molar-refractivity contribution is 0.0548. The third-order valence-corrected chi connectivity index (χ3v) is 4.61. The Labute approximate surface area is 121 Å². The van der Waals surface area contributed by atoms with Gasteiger partial charge >= 0.3 is 6.03 Å². The zero-order valence-corrected chi connectivity index (χ0v) is 12.7. The molecule has 2 amide bonds. The van der Waals surface area contributed by atoms with Crippen molar-refractivity contribution in [2.24, 2.45) is 11.3 Å². The van der Waals surface area contributed by atoms with Crippen molar-refractivity contribution < 1.29 is 14.6 Å². The summed E-state index contributed by atoms with van der Waals surface area (Å²) in [6.07, 6.45) is 5.41. The van der Waals surface area contributed by atoms with Crippen molar-refractivity contribution in [3.8, 4) is 0 Å². The van der Waals surface area contributed by atoms with Crippen LogP contribution in [-0.2, 0) is 4.74 Å². The Balaban J connectivity index is 1.76. The maximum absolute atomic E-state index is 12.0. The number of hydrogen-bond acceptors (Lipinski definition) is 3. The number of ether oxygens (including phenoxy) is 1. The second kappa shape index (κ2) is 6.76. The van der Waals surface area contributed by atoms with E-state index in [9.17, 15) is 4.79 Å². The van der Waals surface area contributed by atoms with Gasteiger partial charge in [0.25, 0.3) is 0 Å². The molecule has 3 atom stereocenters. The molecule has 2 rings (SSSR count). The summed E-state index contributed by atoms with van der Waals surface area (Å²) in [5, 5.41) is 15.0. The third kappa shape index (κ3) is 4.09. The Kier molecular flexibility index (Phi) is 5.27. The van der Waals surface area contributed by atoms with Crippen LogP contribution in [0, 0.1) is 11.3 Å². The third-order valence-electron chi connectivity index (χ3n) is 4.61. The highest BCUT2D eigenvalue weighted by atomic mass is 16.5. The summed E-state index contributed by atoms with van der Waals surface area (Å²) in [6.45, 7) is 5.66. The van der Waals surface area contributed by atoms with Gasteiger partial charge in [0.15, 0.2) is 0 Å². The van der Waals surface area contributed by atoms with Crippen LogP contribution >= 0.6 is 0 Å². The number of urea groups is 1. The van der Waals surface area contributed by atoms with Gasteiger partial charge in [-0.1, -0.05) is 13.8 Å². The summed E-state index contributed by atoms with van der Waals surface area (Å²) in [4.78, 5) is 12.0. The molecule has 1 heterocycles. The SMILES string of the molecule is CC(C)(CCO)CNC(=O)NC1CCCC2OCCC12. The van der Waals surface area contributed by atoms with E-state index in [2.05, 4.69) is 10.6 Å². The Morgan fingerprint density at radius 1 is 1.35 bits per heavy atom. The minimum atomic E-state index is -0.0893. The highest BCUT2D eigenvalue weighted by molar-refractivity contribution is 5.74. The predicted octanol–water partition coefficient (Wildman–Crippen LogP) is 1.65. The second-order valence-electron chi connectivity index (χ2n) is 6.86. The second-order valence-corrected chi connectivity index (χ2v) is 6.86. The molecular formula is C15H28N2O3. The Bertz CT molecular complexity index is 333. The number of rotatable bonds is 5. The van der Waals surface area contributed by atoms with Crippen LogP contribution in [0.1, 0.15) is 46.0 Å². The molecule has 2 aliphatic rings. The molecule has 5 heteroatoms. The average molecular weight is 284 g/mol. The van der Waals surface area contributed by atoms with Gasteiger partial charge in [-0.2, -0.15) is 0 Å². The lowest BCUT2D eigenvalue weighted by atomic mass is 9.82. The summed E-state index contributed by atoms with van der Waals surface area (Å²) in [5.74, 6) is 0.486. The van der Waals surface area contributed by atoms with E-state index in [4.69, 9.17) is 9.84 Å². The molecule has 1 aliphatic carbocycles. The van der Waals surface area contributed by atoms with E-state index in [0.717, 1.165) is 32.3 Å². The molecule has 0 spiro atoms. The van der Waals surface area contributed by atoms with Gasteiger partial charge in [0, 0.05) is 31.7 Å². The molecule has 0 radical (unpaired) electrons. The maximum Gasteiger partial charge on any atom is 0.315 e. The largest absolute Gasteiger partial charge is 0.396 e. The first kappa shape index (κ1) is 15.6. The van der Waals surface area contributed by atoms with Crippen LogP contribution in [0.25, 0.3) is 0 Å². The molecule has 5 nitrogen and oxygen atoms in total. The normalized spacial score (nSPS) is 29.9. The fourth-order valence-electron chi connectivity index (χ4n) is 3.28. The fourth-order valence-corrected chi connectivity index (χ4v) is 3.28. The molecule has 3 unspecified atom stereocenters. The van der Waals surface area contributed by atoms with Crippen LogP contribution in [0.5, 0.6) is 0 Å². The van der Waals surface area contributed by atoms with Crippen LogP contribution in [0.15, 0.2) is 0 Å². The van der Waals surface area contributed by atoms with E-state index in [1.165, 1.54) is 0 Å². The van der Waals surface area contributed by atoms with Gasteiger partial charge in [-0.3, -0.25) is 0 Å². The fraction of sp³-hybridized carbons (Fsp3) is 0.933. The van der Waals surface area contributed by atoms with E-state index in [-0.39, 0.29) is 24.1 Å². The zero-order valence-electron chi connectivity index (χ0n) is 12.7. The average Bonchev–Trinajstić information content (AvgIpc) is 2.86. The van der Waals surface area contributed by atoms with Crippen LogP contribution in [0.2, 0.25) is 0 Å². The molecule has 2 fully saturated rings. The van der Waals surface area contributed by atoms with Crippen molar-refractivity contribution >= 4 is 6.03 Å². The summed E-state index contributed by atoms with van der Waals surface area (Å²) in [7, 11) is 0. The molecule has 20 heavy (non-hydrogen) atoms. The number of fused-ring (bicyclic) bond motifs is 1. The number of hydrogen-bond donors (Lipinski definition) is 3. The topological polar surface area (TPSA) is 70.6 Å². The molecule has 0 aromatic heterocycles. The van der Waals surface area contributed by atoms with Gasteiger partial charge in [0.05, 0.1) is 6.10 Å². The van der Waals surface area contributed by atoms with Crippen LogP contribution < -0.4 is 10.6 Å². The van der Waals surface area contributed by atoms with Crippen molar-refractivity contribution in [1.29, 1.82) is 0 Å². The number of amides is 2. The molecule has 1 saturated carbocycles. The van der Waals surface area contributed by atoms with Crippen LogP contribution in [0.3, 0.4) is 0 Å². The standard InChI is InChI=1S/C15H28N2O3/c1-15(2,7-8-18)10-16-14(19)17-12-4-3-5-13-11(12)6-9-20-13/h11-13,18H,3-10H2,1-2H3,(H2,16,17,19). The van der Waals surface area contributed by atoms with E-state index >= 15 is 0 Å². The summed E-state index contributed by atoms with van der Waals surface area (Å²) in [6, 6.07) is 0.158. The molecule has 1 saturated heterocycles. The van der Waals surface area contributed by atoms with Gasteiger partial charge in [-0.15, -0.1) is 0 Å². The first-order chi connectivity index (χ1) is 9.52. The molecule has 3 N–H and O–H groups in total. The first-order valence-corrected chi connectivity index (χ1v) is 7.79. The maximum atomic E-state index is 12.0. The lowest BCUT2D eigenvalue weighted by Gasteiger charge is -2.33. The van der Waals surface area contributed by atoms with E-state index < -0.39 is 0 Å². The first-order valence-electron chi connectivity index (χ1n) is 7.79. The van der Waals surface area contributed by atoms with Gasteiger partial charge in [-0.25, -0.2) is 4.79 Å². The smallest absolute Gasteiger partial charge is 0.315 e. The van der Waals surface area contributed by atoms with Crippen molar-refractivity contribution in [1.82, 2.24) is 10.6 Å². The minimum Gasteiger partial charge on any atom is -0.396 e. The summed E-state index contributed by atoms with van der Waals surface area (Å²) in [5.41, 5.74) is -0.0718. The number of aliphatic hydroxyl groups is 1. The van der Waals surface area contributed by atoms with Crippen molar-refractivity contribution in [3.05, 3.63) is 0 Å². The zero-order chi connectivity index (χ0) is 14.6. The van der Waals surface area contributed by atoms with E-state index in [1.54, 1.807) is 0 Å². The van der Waals surface area contributed by atoms with E-state index in [1.807, 2.05) is 13.8 Å². The van der Waals surface area contributed by atoms with Crippen LogP contribution in [-0.4, -0.2) is 43.0 Å². The van der Waals surface area contributed by atoms with E-state index in [0.29, 0.717) is 25.0 Å². The molecule has 0 aromatic rings. The van der Waals surface area contributed by atoms with Gasteiger partial charge in [0.1, 0.15) is 0 Å². The lowest BCUT2D eigenvalue weighted by Crippen LogP contribution is -2.50. The van der Waals surface area contributed by atoms with Gasteiger partial charge < -0.3 is 20.5 Å². The Hall–Kier alpha value is -0.810. The van der Waals surface area contributed by atoms with Crippen molar-refractivity contribution in [2.45, 2.75) is 58.1 Å².